The van der Waals surface area contributed by atoms with Gasteiger partial charge in [0.25, 0.3) is 0 Å². The van der Waals surface area contributed by atoms with Gasteiger partial charge in [0, 0.05) is 23.5 Å². The van der Waals surface area contributed by atoms with Gasteiger partial charge in [-0.25, -0.2) is 4.79 Å². The molecular weight excluding hydrogens is 280 g/mol. The summed E-state index contributed by atoms with van der Waals surface area (Å²) in [4.78, 5) is 23.6. The van der Waals surface area contributed by atoms with Crippen molar-refractivity contribution in [1.82, 2.24) is 0 Å². The monoisotopic (exact) mass is 304 g/mol. The highest BCUT2D eigenvalue weighted by Crippen LogP contribution is 2.57. The number of hydrogen-bond acceptors (Lipinski definition) is 4. The summed E-state index contributed by atoms with van der Waals surface area (Å²) in [6.45, 7) is 9.68. The molecule has 1 aliphatic rings. The standard InChI is InChI=1S/C18H24O4/c1-11(19)12-7-9-13(10-8-12)14(20)22-16-17(2,3)15(21-6)18(16,4)5/h7-10,15-16H,1-6H3. The van der Waals surface area contributed by atoms with Gasteiger partial charge >= 0.3 is 5.97 Å². The summed E-state index contributed by atoms with van der Waals surface area (Å²) < 4.78 is 11.3. The van der Waals surface area contributed by atoms with Gasteiger partial charge in [0.05, 0.1) is 11.7 Å². The number of carbonyl (C=O) groups is 2. The average Bonchev–Trinajstić information content (AvgIpc) is 2.44. The van der Waals surface area contributed by atoms with E-state index in [0.717, 1.165) is 0 Å². The van der Waals surface area contributed by atoms with Gasteiger partial charge in [0.15, 0.2) is 5.78 Å². The summed E-state index contributed by atoms with van der Waals surface area (Å²) in [5.74, 6) is -0.389. The third-order valence-electron chi connectivity index (χ3n) is 4.69. The van der Waals surface area contributed by atoms with E-state index in [0.29, 0.717) is 11.1 Å². The summed E-state index contributed by atoms with van der Waals surface area (Å²) >= 11 is 0. The van der Waals surface area contributed by atoms with Crippen LogP contribution in [0.4, 0.5) is 0 Å². The van der Waals surface area contributed by atoms with Crippen molar-refractivity contribution in [2.45, 2.75) is 46.8 Å². The van der Waals surface area contributed by atoms with Gasteiger partial charge < -0.3 is 9.47 Å². The quantitative estimate of drug-likeness (QED) is 0.631. The molecule has 0 radical (unpaired) electrons. The molecule has 0 atom stereocenters. The second-order valence-corrected chi connectivity index (χ2v) is 7.18. The second kappa shape index (κ2) is 5.51. The van der Waals surface area contributed by atoms with E-state index < -0.39 is 0 Å². The van der Waals surface area contributed by atoms with Crippen LogP contribution in [-0.2, 0) is 9.47 Å². The lowest BCUT2D eigenvalue weighted by Crippen LogP contribution is -2.69. The van der Waals surface area contributed by atoms with Gasteiger partial charge in [0.2, 0.25) is 0 Å². The number of benzene rings is 1. The molecule has 0 N–H and O–H groups in total. The number of esters is 1. The summed E-state index contributed by atoms with van der Waals surface area (Å²) in [6.07, 6.45) is -0.178. The predicted octanol–water partition coefficient (Wildman–Crippen LogP) is 3.50. The minimum absolute atomic E-state index is 0.0240. The van der Waals surface area contributed by atoms with Gasteiger partial charge in [0.1, 0.15) is 6.10 Å². The van der Waals surface area contributed by atoms with Crippen LogP contribution >= 0.6 is 0 Å². The van der Waals surface area contributed by atoms with Gasteiger partial charge in [-0.1, -0.05) is 39.8 Å². The van der Waals surface area contributed by atoms with Crippen molar-refractivity contribution < 1.29 is 19.1 Å². The maximum Gasteiger partial charge on any atom is 0.338 e. The molecule has 1 aromatic rings. The van der Waals surface area contributed by atoms with Crippen molar-refractivity contribution in [3.05, 3.63) is 35.4 Å². The van der Waals surface area contributed by atoms with E-state index in [2.05, 4.69) is 0 Å². The number of ether oxygens (including phenoxy) is 2. The number of hydrogen-bond donors (Lipinski definition) is 0. The Morgan fingerprint density at radius 1 is 0.909 bits per heavy atom. The molecule has 120 valence electrons. The first kappa shape index (κ1) is 16.7. The topological polar surface area (TPSA) is 52.6 Å². The fraction of sp³-hybridized carbons (Fsp3) is 0.556. The average molecular weight is 304 g/mol. The van der Waals surface area contributed by atoms with Crippen LogP contribution in [0.5, 0.6) is 0 Å². The fourth-order valence-corrected chi connectivity index (χ4v) is 4.02. The summed E-state index contributed by atoms with van der Waals surface area (Å²) in [5, 5.41) is 0. The van der Waals surface area contributed by atoms with Crippen LogP contribution in [0.2, 0.25) is 0 Å². The Labute approximate surface area is 131 Å². The van der Waals surface area contributed by atoms with Gasteiger partial charge in [-0.2, -0.15) is 0 Å². The maximum atomic E-state index is 12.4. The van der Waals surface area contributed by atoms with Gasteiger partial charge in [-0.3, -0.25) is 4.79 Å². The van der Waals surface area contributed by atoms with Gasteiger partial charge in [-0.05, 0) is 19.1 Å². The molecule has 4 heteroatoms. The van der Waals surface area contributed by atoms with Crippen molar-refractivity contribution in [3.8, 4) is 0 Å². The lowest BCUT2D eigenvalue weighted by Gasteiger charge is -2.61. The van der Waals surface area contributed by atoms with E-state index in [9.17, 15) is 9.59 Å². The first-order valence-corrected chi connectivity index (χ1v) is 7.47. The third kappa shape index (κ3) is 2.56. The Bertz CT molecular complexity index is 568. The molecule has 22 heavy (non-hydrogen) atoms. The normalized spacial score (nSPS) is 25.2. The molecule has 1 saturated carbocycles. The Hall–Kier alpha value is -1.68. The molecule has 0 unspecified atom stereocenters. The maximum absolute atomic E-state index is 12.4. The number of Topliss-reactive ketones (excluding diaryl/α,β-unsaturated/α-hetero) is 1. The molecule has 0 heterocycles. The summed E-state index contributed by atoms with van der Waals surface area (Å²) in [7, 11) is 1.69. The second-order valence-electron chi connectivity index (χ2n) is 7.18. The van der Waals surface area contributed by atoms with Crippen molar-refractivity contribution in [2.75, 3.05) is 7.11 Å². The Morgan fingerprint density at radius 2 is 1.36 bits per heavy atom. The molecule has 0 amide bonds. The molecule has 0 spiro atoms. The zero-order chi connectivity index (χ0) is 16.7. The van der Waals surface area contributed by atoms with E-state index in [1.807, 2.05) is 27.7 Å². The molecule has 1 aliphatic carbocycles. The number of carbonyl (C=O) groups excluding carboxylic acids is 2. The van der Waals surface area contributed by atoms with E-state index in [4.69, 9.17) is 9.47 Å². The predicted molar refractivity (Wildman–Crippen MR) is 84.0 cm³/mol. The molecule has 0 bridgehead atoms. The minimum Gasteiger partial charge on any atom is -0.457 e. The van der Waals surface area contributed by atoms with E-state index in [1.165, 1.54) is 6.92 Å². The van der Waals surface area contributed by atoms with Crippen LogP contribution in [0.25, 0.3) is 0 Å². The van der Waals surface area contributed by atoms with Crippen LogP contribution < -0.4 is 0 Å². The molecule has 0 aromatic heterocycles. The SMILES string of the molecule is COC1C(C)(C)C(OC(=O)c2ccc(C(C)=O)cc2)C1(C)C. The number of ketones is 1. The highest BCUT2D eigenvalue weighted by Gasteiger charge is 2.64. The summed E-state index contributed by atoms with van der Waals surface area (Å²) in [6, 6.07) is 6.55. The highest BCUT2D eigenvalue weighted by atomic mass is 16.6. The smallest absolute Gasteiger partial charge is 0.338 e. The first-order chi connectivity index (χ1) is 10.1. The van der Waals surface area contributed by atoms with Crippen molar-refractivity contribution >= 4 is 11.8 Å². The van der Waals surface area contributed by atoms with Crippen LogP contribution in [0.1, 0.15) is 55.3 Å². The zero-order valence-corrected chi connectivity index (χ0v) is 14.1. The van der Waals surface area contributed by atoms with Gasteiger partial charge in [-0.15, -0.1) is 0 Å². The molecular formula is C18H24O4. The third-order valence-corrected chi connectivity index (χ3v) is 4.69. The largest absolute Gasteiger partial charge is 0.457 e. The zero-order valence-electron chi connectivity index (χ0n) is 14.1. The number of methoxy groups -OCH3 is 1. The number of rotatable bonds is 4. The lowest BCUT2D eigenvalue weighted by atomic mass is 9.51. The Kier molecular flexibility index (Phi) is 4.18. The molecule has 2 rings (SSSR count). The molecule has 1 fully saturated rings. The minimum atomic E-state index is -0.365. The fourth-order valence-electron chi connectivity index (χ4n) is 4.02. The van der Waals surface area contributed by atoms with Crippen LogP contribution in [0, 0.1) is 10.8 Å². The van der Waals surface area contributed by atoms with E-state index in [-0.39, 0.29) is 34.8 Å². The van der Waals surface area contributed by atoms with Crippen molar-refractivity contribution in [1.29, 1.82) is 0 Å². The van der Waals surface area contributed by atoms with Crippen molar-refractivity contribution in [2.24, 2.45) is 10.8 Å². The first-order valence-electron chi connectivity index (χ1n) is 7.47. The Balaban J connectivity index is 2.14. The van der Waals surface area contributed by atoms with E-state index >= 15 is 0 Å². The van der Waals surface area contributed by atoms with Crippen molar-refractivity contribution in [3.63, 3.8) is 0 Å². The molecule has 1 aromatic carbocycles. The molecule has 0 aliphatic heterocycles. The lowest BCUT2D eigenvalue weighted by molar-refractivity contribution is -0.256. The van der Waals surface area contributed by atoms with Crippen LogP contribution in [-0.4, -0.2) is 31.1 Å². The molecule has 4 nitrogen and oxygen atoms in total. The molecule has 0 saturated heterocycles. The summed E-state index contributed by atoms with van der Waals surface area (Å²) in [5.41, 5.74) is 0.582. The van der Waals surface area contributed by atoms with E-state index in [1.54, 1.807) is 31.4 Å². The van der Waals surface area contributed by atoms with Crippen LogP contribution in [0.3, 0.4) is 0 Å². The van der Waals surface area contributed by atoms with Crippen LogP contribution in [0.15, 0.2) is 24.3 Å². The highest BCUT2D eigenvalue weighted by molar-refractivity contribution is 5.96. The Morgan fingerprint density at radius 3 is 1.77 bits per heavy atom.